The minimum atomic E-state index is -0.883. The van der Waals surface area contributed by atoms with Crippen molar-refractivity contribution in [2.24, 2.45) is 0 Å². The second kappa shape index (κ2) is 3.45. The molecule has 4 rings (SSSR count). The lowest BCUT2D eigenvalue weighted by Crippen LogP contribution is -1.95. The monoisotopic (exact) mass is 246 g/mol. The fraction of sp³-hybridized carbons (Fsp3) is 0. The van der Waals surface area contributed by atoms with Crippen molar-refractivity contribution >= 4 is 16.7 Å². The SMILES string of the molecule is O=C(O)c1ccc2c(c1)-c1cccc3cccc-2c13. The maximum Gasteiger partial charge on any atom is 0.335 e. The van der Waals surface area contributed by atoms with Crippen LogP contribution >= 0.6 is 0 Å². The molecular weight excluding hydrogens is 236 g/mol. The van der Waals surface area contributed by atoms with Crippen molar-refractivity contribution in [1.82, 2.24) is 0 Å². The molecule has 0 aromatic heterocycles. The summed E-state index contributed by atoms with van der Waals surface area (Å²) in [5, 5.41) is 11.5. The van der Waals surface area contributed by atoms with E-state index in [9.17, 15) is 4.79 Å². The standard InChI is InChI=1S/C17H10O2/c18-17(19)11-7-8-12-13-5-1-3-10-4-2-6-14(16(10)13)15(12)9-11/h1-9H,(H,18,19). The van der Waals surface area contributed by atoms with Crippen molar-refractivity contribution in [3.63, 3.8) is 0 Å². The molecule has 1 aliphatic rings. The Morgan fingerprint density at radius 2 is 1.47 bits per heavy atom. The van der Waals surface area contributed by atoms with E-state index in [1.807, 2.05) is 18.2 Å². The van der Waals surface area contributed by atoms with E-state index in [-0.39, 0.29) is 0 Å². The first-order chi connectivity index (χ1) is 9.25. The first kappa shape index (κ1) is 10.3. The highest BCUT2D eigenvalue weighted by molar-refractivity contribution is 6.15. The number of benzene rings is 3. The Morgan fingerprint density at radius 1 is 0.789 bits per heavy atom. The minimum absolute atomic E-state index is 0.337. The Balaban J connectivity index is 2.14. The summed E-state index contributed by atoms with van der Waals surface area (Å²) in [6.45, 7) is 0. The van der Waals surface area contributed by atoms with Gasteiger partial charge in [0.25, 0.3) is 0 Å². The first-order valence-electron chi connectivity index (χ1n) is 6.15. The third-order valence-corrected chi connectivity index (χ3v) is 3.75. The van der Waals surface area contributed by atoms with E-state index in [4.69, 9.17) is 5.11 Å². The quantitative estimate of drug-likeness (QED) is 0.547. The molecule has 3 aromatic rings. The Bertz CT molecular complexity index is 842. The molecule has 0 saturated carbocycles. The van der Waals surface area contributed by atoms with Crippen LogP contribution in [0, 0.1) is 0 Å². The average molecular weight is 246 g/mol. The number of carboxylic acids is 1. The fourth-order valence-electron chi connectivity index (χ4n) is 2.92. The Morgan fingerprint density at radius 3 is 2.16 bits per heavy atom. The molecule has 0 aliphatic heterocycles. The summed E-state index contributed by atoms with van der Waals surface area (Å²) >= 11 is 0. The molecular formula is C17H10O2. The summed E-state index contributed by atoms with van der Waals surface area (Å²) in [4.78, 5) is 11.1. The Labute approximate surface area is 109 Å². The second-order valence-corrected chi connectivity index (χ2v) is 4.77. The molecule has 2 heteroatoms. The van der Waals surface area contributed by atoms with Crippen LogP contribution < -0.4 is 0 Å². The zero-order chi connectivity index (χ0) is 13.0. The van der Waals surface area contributed by atoms with Gasteiger partial charge in [0.1, 0.15) is 0 Å². The van der Waals surface area contributed by atoms with Crippen molar-refractivity contribution in [1.29, 1.82) is 0 Å². The van der Waals surface area contributed by atoms with Gasteiger partial charge in [-0.25, -0.2) is 4.79 Å². The van der Waals surface area contributed by atoms with Gasteiger partial charge >= 0.3 is 5.97 Å². The summed E-state index contributed by atoms with van der Waals surface area (Å²) in [6, 6.07) is 17.7. The maximum absolute atomic E-state index is 11.1. The highest BCUT2D eigenvalue weighted by atomic mass is 16.4. The van der Waals surface area contributed by atoms with Gasteiger partial charge in [0.15, 0.2) is 0 Å². The molecule has 19 heavy (non-hydrogen) atoms. The lowest BCUT2D eigenvalue weighted by atomic mass is 10.0. The van der Waals surface area contributed by atoms with Gasteiger partial charge in [0, 0.05) is 0 Å². The van der Waals surface area contributed by atoms with E-state index < -0.39 is 5.97 Å². The molecule has 0 atom stereocenters. The van der Waals surface area contributed by atoms with Gasteiger partial charge in [-0.3, -0.25) is 0 Å². The molecule has 0 amide bonds. The summed E-state index contributed by atoms with van der Waals surface area (Å²) in [5.74, 6) is -0.883. The number of fused-ring (bicyclic) bond motifs is 3. The normalized spacial score (nSPS) is 11.6. The van der Waals surface area contributed by atoms with E-state index in [0.29, 0.717) is 5.56 Å². The van der Waals surface area contributed by atoms with Crippen LogP contribution in [0.1, 0.15) is 10.4 Å². The van der Waals surface area contributed by atoms with Crippen LogP contribution in [-0.2, 0) is 0 Å². The van der Waals surface area contributed by atoms with Gasteiger partial charge < -0.3 is 5.11 Å². The lowest BCUT2D eigenvalue weighted by Gasteiger charge is -2.02. The molecule has 90 valence electrons. The molecule has 0 radical (unpaired) electrons. The first-order valence-corrected chi connectivity index (χ1v) is 6.15. The lowest BCUT2D eigenvalue weighted by molar-refractivity contribution is 0.0697. The van der Waals surface area contributed by atoms with Crippen LogP contribution in [0.25, 0.3) is 33.0 Å². The van der Waals surface area contributed by atoms with Crippen LogP contribution in [0.5, 0.6) is 0 Å². The maximum atomic E-state index is 11.1. The topological polar surface area (TPSA) is 37.3 Å². The third kappa shape index (κ3) is 1.28. The number of carboxylic acid groups (broad SMARTS) is 1. The third-order valence-electron chi connectivity index (χ3n) is 3.75. The summed E-state index contributed by atoms with van der Waals surface area (Å²) < 4.78 is 0. The number of hydrogen-bond donors (Lipinski definition) is 1. The molecule has 0 bridgehead atoms. The molecule has 0 heterocycles. The summed E-state index contributed by atoms with van der Waals surface area (Å²) in [5.41, 5.74) is 4.80. The predicted molar refractivity (Wildman–Crippen MR) is 75.3 cm³/mol. The number of aromatic carboxylic acids is 1. The number of carbonyl (C=O) groups is 1. The molecule has 0 saturated heterocycles. The van der Waals surface area contributed by atoms with Gasteiger partial charge in [0.2, 0.25) is 0 Å². The predicted octanol–water partition coefficient (Wildman–Crippen LogP) is 4.19. The van der Waals surface area contributed by atoms with Crippen molar-refractivity contribution in [2.75, 3.05) is 0 Å². The molecule has 1 aliphatic carbocycles. The Kier molecular flexibility index (Phi) is 1.88. The van der Waals surface area contributed by atoms with Gasteiger partial charge in [-0.15, -0.1) is 0 Å². The van der Waals surface area contributed by atoms with E-state index in [0.717, 1.165) is 16.7 Å². The molecule has 0 fully saturated rings. The fourth-order valence-corrected chi connectivity index (χ4v) is 2.92. The van der Waals surface area contributed by atoms with Crippen molar-refractivity contribution < 1.29 is 9.90 Å². The highest BCUT2D eigenvalue weighted by Gasteiger charge is 2.21. The zero-order valence-electron chi connectivity index (χ0n) is 10.1. The molecule has 1 N–H and O–H groups in total. The zero-order valence-corrected chi connectivity index (χ0v) is 10.1. The number of rotatable bonds is 1. The molecule has 0 unspecified atom stereocenters. The summed E-state index contributed by atoms with van der Waals surface area (Å²) in [7, 11) is 0. The largest absolute Gasteiger partial charge is 0.478 e. The van der Waals surface area contributed by atoms with Gasteiger partial charge in [0.05, 0.1) is 5.56 Å². The van der Waals surface area contributed by atoms with Gasteiger partial charge in [-0.1, -0.05) is 42.5 Å². The minimum Gasteiger partial charge on any atom is -0.478 e. The van der Waals surface area contributed by atoms with Gasteiger partial charge in [-0.2, -0.15) is 0 Å². The molecule has 2 nitrogen and oxygen atoms in total. The highest BCUT2D eigenvalue weighted by Crippen LogP contribution is 2.47. The van der Waals surface area contributed by atoms with Crippen LogP contribution in [0.4, 0.5) is 0 Å². The Hall–Kier alpha value is -2.61. The van der Waals surface area contributed by atoms with Crippen LogP contribution in [0.2, 0.25) is 0 Å². The van der Waals surface area contributed by atoms with Crippen LogP contribution in [-0.4, -0.2) is 11.1 Å². The summed E-state index contributed by atoms with van der Waals surface area (Å²) in [6.07, 6.45) is 0. The number of hydrogen-bond acceptors (Lipinski definition) is 1. The van der Waals surface area contributed by atoms with E-state index in [2.05, 4.69) is 24.3 Å². The van der Waals surface area contributed by atoms with E-state index in [1.165, 1.54) is 16.3 Å². The molecule has 0 spiro atoms. The molecule has 3 aromatic carbocycles. The van der Waals surface area contributed by atoms with E-state index >= 15 is 0 Å². The van der Waals surface area contributed by atoms with Gasteiger partial charge in [-0.05, 0) is 45.2 Å². The van der Waals surface area contributed by atoms with E-state index in [1.54, 1.807) is 12.1 Å². The van der Waals surface area contributed by atoms with Crippen molar-refractivity contribution in [2.45, 2.75) is 0 Å². The second-order valence-electron chi connectivity index (χ2n) is 4.77. The van der Waals surface area contributed by atoms with Crippen LogP contribution in [0.15, 0.2) is 54.6 Å². The smallest absolute Gasteiger partial charge is 0.335 e. The van der Waals surface area contributed by atoms with Crippen molar-refractivity contribution in [3.8, 4) is 22.3 Å². The van der Waals surface area contributed by atoms with Crippen LogP contribution in [0.3, 0.4) is 0 Å². The van der Waals surface area contributed by atoms with Crippen molar-refractivity contribution in [3.05, 3.63) is 60.2 Å². The average Bonchev–Trinajstić information content (AvgIpc) is 2.76.